The molecule has 7 nitrogen and oxygen atoms in total. The van der Waals surface area contributed by atoms with Crippen LogP contribution >= 0.6 is 11.8 Å². The Bertz CT molecular complexity index is 1030. The number of rotatable bonds is 6. The van der Waals surface area contributed by atoms with Gasteiger partial charge in [0.05, 0.1) is 17.5 Å². The minimum absolute atomic E-state index is 0.0747. The van der Waals surface area contributed by atoms with E-state index in [1.807, 2.05) is 30.3 Å². The predicted octanol–water partition coefficient (Wildman–Crippen LogP) is 3.29. The second-order valence-corrected chi connectivity index (χ2v) is 7.81. The summed E-state index contributed by atoms with van der Waals surface area (Å²) in [7, 11) is 0. The number of nitrogens with one attached hydrogen (secondary N) is 3. The second-order valence-electron chi connectivity index (χ2n) is 6.72. The summed E-state index contributed by atoms with van der Waals surface area (Å²) >= 11 is 1.27. The van der Waals surface area contributed by atoms with E-state index in [0.717, 1.165) is 5.56 Å². The van der Waals surface area contributed by atoms with Gasteiger partial charge in [-0.05, 0) is 23.3 Å². The third-order valence-corrected chi connectivity index (χ3v) is 5.61. The zero-order valence-corrected chi connectivity index (χ0v) is 16.6. The van der Waals surface area contributed by atoms with Crippen LogP contribution in [0.15, 0.2) is 65.3 Å². The van der Waals surface area contributed by atoms with Gasteiger partial charge in [-0.15, -0.1) is 11.8 Å². The molecule has 30 heavy (non-hydrogen) atoms. The SMILES string of the molecule is O=C(CSC1NC(=O)CC(c2ccccc2)N1)Nc1oncc1-c1ccc(F)cc1. The number of nitrogens with zero attached hydrogens (tertiary/aromatic N) is 1. The molecular weight excluding hydrogens is 407 g/mol. The highest BCUT2D eigenvalue weighted by Crippen LogP contribution is 2.28. The van der Waals surface area contributed by atoms with Crippen molar-refractivity contribution in [3.05, 3.63) is 72.2 Å². The van der Waals surface area contributed by atoms with Crippen molar-refractivity contribution in [3.63, 3.8) is 0 Å². The number of halogens is 1. The van der Waals surface area contributed by atoms with Gasteiger partial charge in [-0.1, -0.05) is 47.6 Å². The molecule has 1 aliphatic rings. The van der Waals surface area contributed by atoms with Crippen molar-refractivity contribution in [3.8, 4) is 11.1 Å². The summed E-state index contributed by atoms with van der Waals surface area (Å²) in [6.45, 7) is 0. The van der Waals surface area contributed by atoms with Gasteiger partial charge in [0.25, 0.3) is 0 Å². The normalized spacial score (nSPS) is 18.6. The van der Waals surface area contributed by atoms with Crippen LogP contribution in [0, 0.1) is 5.82 Å². The van der Waals surface area contributed by atoms with Gasteiger partial charge in [0, 0.05) is 12.5 Å². The lowest BCUT2D eigenvalue weighted by Gasteiger charge is -2.31. The first-order valence-electron chi connectivity index (χ1n) is 9.31. The summed E-state index contributed by atoms with van der Waals surface area (Å²) in [6.07, 6.45) is 1.80. The first kappa shape index (κ1) is 20.1. The van der Waals surface area contributed by atoms with Gasteiger partial charge in [-0.25, -0.2) is 4.39 Å². The van der Waals surface area contributed by atoms with Crippen LogP contribution in [-0.2, 0) is 9.59 Å². The van der Waals surface area contributed by atoms with Crippen molar-refractivity contribution in [1.82, 2.24) is 15.8 Å². The Labute approximate surface area is 176 Å². The molecule has 3 N–H and O–H groups in total. The molecular formula is C21H19FN4O3S. The average molecular weight is 426 g/mol. The number of aromatic nitrogens is 1. The van der Waals surface area contributed by atoms with Gasteiger partial charge in [0.2, 0.25) is 17.7 Å². The van der Waals surface area contributed by atoms with E-state index in [-0.39, 0.29) is 35.3 Å². The molecule has 0 aliphatic carbocycles. The highest BCUT2D eigenvalue weighted by atomic mass is 32.2. The molecule has 2 atom stereocenters. The Kier molecular flexibility index (Phi) is 6.10. The van der Waals surface area contributed by atoms with Gasteiger partial charge >= 0.3 is 0 Å². The third-order valence-electron chi connectivity index (χ3n) is 4.60. The van der Waals surface area contributed by atoms with Crippen LogP contribution in [0.2, 0.25) is 0 Å². The van der Waals surface area contributed by atoms with E-state index >= 15 is 0 Å². The minimum atomic E-state index is -0.395. The lowest BCUT2D eigenvalue weighted by atomic mass is 10.0. The summed E-state index contributed by atoms with van der Waals surface area (Å²) in [6, 6.07) is 15.4. The van der Waals surface area contributed by atoms with Crippen LogP contribution in [-0.4, -0.2) is 28.2 Å². The van der Waals surface area contributed by atoms with E-state index in [4.69, 9.17) is 4.52 Å². The Morgan fingerprint density at radius 3 is 2.73 bits per heavy atom. The molecule has 1 saturated heterocycles. The van der Waals surface area contributed by atoms with Crippen LogP contribution < -0.4 is 16.0 Å². The van der Waals surface area contributed by atoms with Crippen molar-refractivity contribution in [2.24, 2.45) is 0 Å². The average Bonchev–Trinajstić information content (AvgIpc) is 3.21. The second kappa shape index (κ2) is 9.10. The molecule has 0 saturated carbocycles. The van der Waals surface area contributed by atoms with E-state index in [1.165, 1.54) is 30.1 Å². The number of hydrogen-bond acceptors (Lipinski definition) is 6. The zero-order chi connectivity index (χ0) is 20.9. The molecule has 3 aromatic rings. The van der Waals surface area contributed by atoms with Crippen molar-refractivity contribution < 1.29 is 18.5 Å². The number of benzene rings is 2. The first-order chi connectivity index (χ1) is 14.6. The van der Waals surface area contributed by atoms with E-state index in [1.54, 1.807) is 12.1 Å². The van der Waals surface area contributed by atoms with Crippen molar-refractivity contribution in [2.75, 3.05) is 11.1 Å². The molecule has 0 radical (unpaired) electrons. The number of anilines is 1. The minimum Gasteiger partial charge on any atom is -0.338 e. The maximum Gasteiger partial charge on any atom is 0.239 e. The molecule has 2 heterocycles. The highest BCUT2D eigenvalue weighted by Gasteiger charge is 2.27. The number of amides is 2. The Balaban J connectivity index is 1.35. The van der Waals surface area contributed by atoms with E-state index in [2.05, 4.69) is 21.1 Å². The van der Waals surface area contributed by atoms with Crippen LogP contribution in [0.3, 0.4) is 0 Å². The maximum absolute atomic E-state index is 13.1. The number of carbonyl (C=O) groups is 2. The number of thioether (sulfide) groups is 1. The fourth-order valence-corrected chi connectivity index (χ4v) is 4.02. The molecule has 1 aromatic heterocycles. The number of carbonyl (C=O) groups excluding carboxylic acids is 2. The van der Waals surface area contributed by atoms with Gasteiger partial charge in [0.1, 0.15) is 11.3 Å². The van der Waals surface area contributed by atoms with Crippen LogP contribution in [0.4, 0.5) is 10.3 Å². The standard InChI is InChI=1S/C21H19FN4O3S/c22-15-8-6-13(7-9-15)16-11-23-29-20(16)25-19(28)12-30-21-24-17(10-18(27)26-21)14-4-2-1-3-5-14/h1-9,11,17,21,24H,10,12H2,(H,25,28)(H,26,27). The van der Waals surface area contributed by atoms with Crippen LogP contribution in [0.5, 0.6) is 0 Å². The lowest BCUT2D eigenvalue weighted by molar-refractivity contribution is -0.123. The summed E-state index contributed by atoms with van der Waals surface area (Å²) in [5.74, 6) is -0.460. The van der Waals surface area contributed by atoms with Crippen LogP contribution in [0.25, 0.3) is 11.1 Å². The molecule has 9 heteroatoms. The number of hydrogen-bond donors (Lipinski definition) is 3. The third kappa shape index (κ3) is 4.87. The Morgan fingerprint density at radius 2 is 1.97 bits per heavy atom. The summed E-state index contributed by atoms with van der Waals surface area (Å²) < 4.78 is 18.3. The smallest absolute Gasteiger partial charge is 0.239 e. The lowest BCUT2D eigenvalue weighted by Crippen LogP contribution is -2.51. The van der Waals surface area contributed by atoms with Gasteiger partial charge in [-0.3, -0.25) is 20.2 Å². The quantitative estimate of drug-likeness (QED) is 0.560. The Morgan fingerprint density at radius 1 is 1.20 bits per heavy atom. The molecule has 2 unspecified atom stereocenters. The largest absolute Gasteiger partial charge is 0.338 e. The Hall–Kier alpha value is -3.17. The van der Waals surface area contributed by atoms with Crippen molar-refractivity contribution in [2.45, 2.75) is 18.0 Å². The fourth-order valence-electron chi connectivity index (χ4n) is 3.15. The summed E-state index contributed by atoms with van der Waals surface area (Å²) in [4.78, 5) is 24.5. The fraction of sp³-hybridized carbons (Fsp3) is 0.190. The zero-order valence-electron chi connectivity index (χ0n) is 15.8. The van der Waals surface area contributed by atoms with Crippen molar-refractivity contribution >= 4 is 29.5 Å². The van der Waals surface area contributed by atoms with E-state index in [9.17, 15) is 14.0 Å². The molecule has 4 rings (SSSR count). The van der Waals surface area contributed by atoms with Gasteiger partial charge < -0.3 is 9.84 Å². The molecule has 2 amide bonds. The molecule has 2 aromatic carbocycles. The maximum atomic E-state index is 13.1. The highest BCUT2D eigenvalue weighted by molar-refractivity contribution is 8.00. The van der Waals surface area contributed by atoms with Gasteiger partial charge in [0.15, 0.2) is 0 Å². The molecule has 0 bridgehead atoms. The summed E-state index contributed by atoms with van der Waals surface area (Å²) in [5, 5.41) is 12.6. The predicted molar refractivity (Wildman–Crippen MR) is 112 cm³/mol. The monoisotopic (exact) mass is 426 g/mol. The van der Waals surface area contributed by atoms with Crippen molar-refractivity contribution in [1.29, 1.82) is 0 Å². The molecule has 1 aliphatic heterocycles. The van der Waals surface area contributed by atoms with Crippen LogP contribution in [0.1, 0.15) is 18.0 Å². The molecule has 154 valence electrons. The first-order valence-corrected chi connectivity index (χ1v) is 10.4. The van der Waals surface area contributed by atoms with Gasteiger partial charge in [-0.2, -0.15) is 0 Å². The summed E-state index contributed by atoms with van der Waals surface area (Å²) in [5.41, 5.74) is 1.86. The van der Waals surface area contributed by atoms with E-state index in [0.29, 0.717) is 17.5 Å². The topological polar surface area (TPSA) is 96.3 Å². The molecule has 0 spiro atoms. The van der Waals surface area contributed by atoms with E-state index < -0.39 is 5.50 Å². The molecule has 1 fully saturated rings.